The number of rotatable bonds is 5. The van der Waals surface area contributed by atoms with Crippen LogP contribution in [-0.2, 0) is 9.26 Å². The Balaban J connectivity index is 3.99. The SMILES string of the molecule is CC(C)(C)[Si](C)(C)ONC(=O)OCC[Si](C)(C)C. The summed E-state index contributed by atoms with van der Waals surface area (Å²) < 4.78 is 10.7. The van der Waals surface area contributed by atoms with Crippen molar-refractivity contribution in [1.82, 2.24) is 5.48 Å². The lowest BCUT2D eigenvalue weighted by atomic mass is 10.2. The smallest absolute Gasteiger partial charge is 0.430 e. The molecular weight excluding hydrogens is 262 g/mol. The summed E-state index contributed by atoms with van der Waals surface area (Å²) in [6, 6.07) is 0.973. The lowest BCUT2D eigenvalue weighted by molar-refractivity contribution is 0.0972. The van der Waals surface area contributed by atoms with E-state index in [0.717, 1.165) is 6.04 Å². The molecule has 0 saturated heterocycles. The van der Waals surface area contributed by atoms with Crippen LogP contribution in [0.4, 0.5) is 4.79 Å². The maximum absolute atomic E-state index is 11.5. The van der Waals surface area contributed by atoms with Gasteiger partial charge in [0.1, 0.15) is 0 Å². The van der Waals surface area contributed by atoms with Gasteiger partial charge in [0.2, 0.25) is 8.32 Å². The standard InChI is InChI=1S/C12H29NO3Si2/c1-12(2,3)18(7,8)16-13-11(14)15-9-10-17(4,5)6/h9-10H2,1-8H3,(H,13,14). The maximum atomic E-state index is 11.5. The van der Waals surface area contributed by atoms with Crippen molar-refractivity contribution in [3.8, 4) is 0 Å². The van der Waals surface area contributed by atoms with Gasteiger partial charge < -0.3 is 9.26 Å². The number of carbonyl (C=O) groups excluding carboxylic acids is 1. The highest BCUT2D eigenvalue weighted by molar-refractivity contribution is 6.76. The van der Waals surface area contributed by atoms with Gasteiger partial charge in [-0.1, -0.05) is 40.4 Å². The molecule has 1 amide bonds. The molecule has 108 valence electrons. The summed E-state index contributed by atoms with van der Waals surface area (Å²) in [4.78, 5) is 11.5. The van der Waals surface area contributed by atoms with Crippen LogP contribution < -0.4 is 5.48 Å². The van der Waals surface area contributed by atoms with Crippen LogP contribution in [0.5, 0.6) is 0 Å². The van der Waals surface area contributed by atoms with Crippen molar-refractivity contribution in [3.05, 3.63) is 0 Å². The zero-order chi connectivity index (χ0) is 14.6. The fraction of sp³-hybridized carbons (Fsp3) is 0.917. The largest absolute Gasteiger partial charge is 0.448 e. The second-order valence-electron chi connectivity index (χ2n) is 7.41. The minimum atomic E-state index is -1.95. The minimum Gasteiger partial charge on any atom is -0.448 e. The van der Waals surface area contributed by atoms with Crippen LogP contribution in [0.25, 0.3) is 0 Å². The lowest BCUT2D eigenvalue weighted by Gasteiger charge is -2.34. The molecule has 0 saturated carbocycles. The van der Waals surface area contributed by atoms with Crippen molar-refractivity contribution in [2.45, 2.75) is 64.6 Å². The molecule has 0 radical (unpaired) electrons. The molecule has 0 aliphatic rings. The number of carbonyl (C=O) groups is 1. The van der Waals surface area contributed by atoms with Gasteiger partial charge in [0.25, 0.3) is 0 Å². The van der Waals surface area contributed by atoms with Gasteiger partial charge in [-0.2, -0.15) is 0 Å². The maximum Gasteiger partial charge on any atom is 0.430 e. The molecule has 0 aliphatic carbocycles. The molecule has 18 heavy (non-hydrogen) atoms. The second-order valence-corrected chi connectivity index (χ2v) is 17.8. The number of hydroxylamine groups is 1. The fourth-order valence-electron chi connectivity index (χ4n) is 0.802. The highest BCUT2D eigenvalue weighted by Gasteiger charge is 2.38. The van der Waals surface area contributed by atoms with Gasteiger partial charge in [0.05, 0.1) is 6.61 Å². The lowest BCUT2D eigenvalue weighted by Crippen LogP contribution is -2.46. The van der Waals surface area contributed by atoms with Crippen LogP contribution in [0.1, 0.15) is 20.8 Å². The van der Waals surface area contributed by atoms with E-state index in [1.54, 1.807) is 0 Å². The topological polar surface area (TPSA) is 47.6 Å². The Morgan fingerprint density at radius 3 is 2.00 bits per heavy atom. The van der Waals surface area contributed by atoms with Crippen molar-refractivity contribution >= 4 is 22.5 Å². The van der Waals surface area contributed by atoms with E-state index in [4.69, 9.17) is 9.26 Å². The van der Waals surface area contributed by atoms with Crippen molar-refractivity contribution in [1.29, 1.82) is 0 Å². The third kappa shape index (κ3) is 7.18. The van der Waals surface area contributed by atoms with Crippen LogP contribution in [-0.4, -0.2) is 29.1 Å². The van der Waals surface area contributed by atoms with E-state index in [9.17, 15) is 4.79 Å². The van der Waals surface area contributed by atoms with Gasteiger partial charge in [-0.25, -0.2) is 10.3 Å². The molecule has 0 rings (SSSR count). The first-order chi connectivity index (χ1) is 7.85. The van der Waals surface area contributed by atoms with Crippen molar-refractivity contribution in [2.24, 2.45) is 0 Å². The Bertz CT molecular complexity index is 280. The molecule has 0 aromatic heterocycles. The Kier molecular flexibility index (Phi) is 6.09. The summed E-state index contributed by atoms with van der Waals surface area (Å²) in [5, 5.41) is 0.0681. The Morgan fingerprint density at radius 2 is 1.61 bits per heavy atom. The van der Waals surface area contributed by atoms with Crippen LogP contribution in [0.3, 0.4) is 0 Å². The van der Waals surface area contributed by atoms with Crippen LogP contribution in [0.15, 0.2) is 0 Å². The molecule has 0 aliphatic heterocycles. The van der Waals surface area contributed by atoms with E-state index in [2.05, 4.69) is 59.0 Å². The minimum absolute atomic E-state index is 0.0681. The summed E-state index contributed by atoms with van der Waals surface area (Å²) in [6.07, 6.45) is -0.474. The molecule has 0 aromatic rings. The van der Waals surface area contributed by atoms with Gasteiger partial charge in [0.15, 0.2) is 0 Å². The number of hydrogen-bond donors (Lipinski definition) is 1. The predicted octanol–water partition coefficient (Wildman–Crippen LogP) is 3.99. The van der Waals surface area contributed by atoms with Crippen LogP contribution >= 0.6 is 0 Å². The Hall–Kier alpha value is -0.336. The average Bonchev–Trinajstić information content (AvgIpc) is 2.11. The molecule has 0 aromatic carbocycles. The van der Waals surface area contributed by atoms with E-state index in [1.807, 2.05) is 0 Å². The molecule has 0 bridgehead atoms. The number of nitrogens with one attached hydrogen (secondary N) is 1. The van der Waals surface area contributed by atoms with Crippen molar-refractivity contribution in [3.63, 3.8) is 0 Å². The number of amides is 1. The highest BCUT2D eigenvalue weighted by atomic mass is 28.4. The molecule has 1 N–H and O–H groups in total. The number of ether oxygens (including phenoxy) is 1. The van der Waals surface area contributed by atoms with E-state index in [-0.39, 0.29) is 5.04 Å². The first-order valence-corrected chi connectivity index (χ1v) is 13.1. The second kappa shape index (κ2) is 6.21. The number of hydrogen-bond acceptors (Lipinski definition) is 3. The molecule has 0 spiro atoms. The van der Waals surface area contributed by atoms with E-state index in [0.29, 0.717) is 6.61 Å². The van der Waals surface area contributed by atoms with Crippen molar-refractivity contribution in [2.75, 3.05) is 6.61 Å². The zero-order valence-electron chi connectivity index (χ0n) is 13.1. The summed E-state index contributed by atoms with van der Waals surface area (Å²) in [7, 11) is -3.10. The average molecular weight is 292 g/mol. The molecule has 0 unspecified atom stereocenters. The molecule has 0 fully saturated rings. The molecule has 4 nitrogen and oxygen atoms in total. The monoisotopic (exact) mass is 291 g/mol. The summed E-state index contributed by atoms with van der Waals surface area (Å²) in [5.74, 6) is 0. The summed E-state index contributed by atoms with van der Waals surface area (Å²) >= 11 is 0. The summed E-state index contributed by atoms with van der Waals surface area (Å²) in [5.41, 5.74) is 2.43. The van der Waals surface area contributed by atoms with E-state index in [1.165, 1.54) is 0 Å². The van der Waals surface area contributed by atoms with Crippen LogP contribution in [0.2, 0.25) is 43.8 Å². The molecule has 0 atom stereocenters. The third-order valence-corrected chi connectivity index (χ3v) is 9.21. The van der Waals surface area contributed by atoms with Crippen molar-refractivity contribution < 1.29 is 14.1 Å². The van der Waals surface area contributed by atoms with Crippen LogP contribution in [0, 0.1) is 0 Å². The zero-order valence-corrected chi connectivity index (χ0v) is 15.1. The first-order valence-electron chi connectivity index (χ1n) is 6.46. The Morgan fingerprint density at radius 1 is 1.11 bits per heavy atom. The highest BCUT2D eigenvalue weighted by Crippen LogP contribution is 2.35. The van der Waals surface area contributed by atoms with Gasteiger partial charge in [-0.3, -0.25) is 0 Å². The first kappa shape index (κ1) is 17.7. The van der Waals surface area contributed by atoms with Gasteiger partial charge in [-0.15, -0.1) is 0 Å². The fourth-order valence-corrected chi connectivity index (χ4v) is 2.16. The molecular formula is C12H29NO3Si2. The quantitative estimate of drug-likeness (QED) is 0.615. The molecule has 0 heterocycles. The van der Waals surface area contributed by atoms with E-state index < -0.39 is 22.5 Å². The predicted molar refractivity (Wildman–Crippen MR) is 80.9 cm³/mol. The summed E-state index contributed by atoms with van der Waals surface area (Å²) in [6.45, 7) is 17.8. The van der Waals surface area contributed by atoms with Gasteiger partial charge in [0, 0.05) is 8.07 Å². The third-order valence-electron chi connectivity index (χ3n) is 3.28. The van der Waals surface area contributed by atoms with E-state index >= 15 is 0 Å². The van der Waals surface area contributed by atoms with Gasteiger partial charge in [-0.05, 0) is 24.2 Å². The normalized spacial score (nSPS) is 13.3. The van der Waals surface area contributed by atoms with Gasteiger partial charge >= 0.3 is 6.09 Å². The molecule has 6 heteroatoms. The Labute approximate surface area is 114 Å².